The molecule has 0 saturated carbocycles. The lowest BCUT2D eigenvalue weighted by molar-refractivity contribution is 1.04. The van der Waals surface area contributed by atoms with E-state index in [1.807, 2.05) is 27.7 Å². The third-order valence-corrected chi connectivity index (χ3v) is 4.54. The smallest absolute Gasteiger partial charge is 0.00992 e. The number of benzene rings is 3. The SMILES string of the molecule is C1=CC(c2ccccc2-c2ccccc2-c2ccccc2)=CCC1.CC.CC. The summed E-state index contributed by atoms with van der Waals surface area (Å²) >= 11 is 0. The van der Waals surface area contributed by atoms with Crippen molar-refractivity contribution in [2.45, 2.75) is 40.5 Å². The topological polar surface area (TPSA) is 0 Å². The highest BCUT2D eigenvalue weighted by atomic mass is 14.2. The molecule has 0 heterocycles. The molecular weight excluding hydrogens is 336 g/mol. The maximum absolute atomic E-state index is 2.35. The summed E-state index contributed by atoms with van der Waals surface area (Å²) in [6, 6.07) is 28.1. The third kappa shape index (κ3) is 5.10. The second-order valence-corrected chi connectivity index (χ2v) is 6.10. The number of hydrogen-bond acceptors (Lipinski definition) is 0. The van der Waals surface area contributed by atoms with E-state index in [4.69, 9.17) is 0 Å². The van der Waals surface area contributed by atoms with Crippen LogP contribution in [-0.2, 0) is 0 Å². The predicted molar refractivity (Wildman–Crippen MR) is 126 cm³/mol. The van der Waals surface area contributed by atoms with Gasteiger partial charge in [0.05, 0.1) is 0 Å². The summed E-state index contributed by atoms with van der Waals surface area (Å²) in [5.41, 5.74) is 7.78. The lowest BCUT2D eigenvalue weighted by Crippen LogP contribution is -1.92. The van der Waals surface area contributed by atoms with Crippen molar-refractivity contribution in [3.05, 3.63) is 103 Å². The molecule has 144 valence electrons. The Balaban J connectivity index is 0.000000660. The average molecular weight is 369 g/mol. The number of allylic oxidation sites excluding steroid dienone is 4. The summed E-state index contributed by atoms with van der Waals surface area (Å²) in [5.74, 6) is 0. The molecule has 0 atom stereocenters. The van der Waals surface area contributed by atoms with E-state index in [1.54, 1.807) is 0 Å². The third-order valence-electron chi connectivity index (χ3n) is 4.54. The first-order valence-corrected chi connectivity index (χ1v) is 10.5. The molecular formula is C28H32. The van der Waals surface area contributed by atoms with Crippen LogP contribution >= 0.6 is 0 Å². The van der Waals surface area contributed by atoms with Crippen molar-refractivity contribution in [2.24, 2.45) is 0 Å². The maximum atomic E-state index is 2.35. The monoisotopic (exact) mass is 368 g/mol. The summed E-state index contributed by atoms with van der Waals surface area (Å²) in [7, 11) is 0. The van der Waals surface area contributed by atoms with Gasteiger partial charge in [-0.25, -0.2) is 0 Å². The molecule has 0 amide bonds. The zero-order valence-corrected chi connectivity index (χ0v) is 17.7. The molecule has 0 saturated heterocycles. The van der Waals surface area contributed by atoms with Gasteiger partial charge in [-0.1, -0.05) is 125 Å². The largest absolute Gasteiger partial charge is 0.0836 e. The Morgan fingerprint density at radius 1 is 0.500 bits per heavy atom. The van der Waals surface area contributed by atoms with Crippen molar-refractivity contribution in [3.8, 4) is 22.3 Å². The van der Waals surface area contributed by atoms with Gasteiger partial charge in [-0.2, -0.15) is 0 Å². The van der Waals surface area contributed by atoms with Gasteiger partial charge in [0.15, 0.2) is 0 Å². The Morgan fingerprint density at radius 2 is 1.00 bits per heavy atom. The van der Waals surface area contributed by atoms with Gasteiger partial charge in [0.1, 0.15) is 0 Å². The van der Waals surface area contributed by atoms with Crippen LogP contribution in [0.3, 0.4) is 0 Å². The Labute approximate surface area is 171 Å². The molecule has 1 aliphatic carbocycles. The van der Waals surface area contributed by atoms with Crippen molar-refractivity contribution >= 4 is 5.57 Å². The molecule has 0 spiro atoms. The van der Waals surface area contributed by atoms with E-state index >= 15 is 0 Å². The van der Waals surface area contributed by atoms with Crippen LogP contribution in [0.1, 0.15) is 46.1 Å². The van der Waals surface area contributed by atoms with Crippen molar-refractivity contribution in [2.75, 3.05) is 0 Å². The molecule has 0 aliphatic heterocycles. The second-order valence-electron chi connectivity index (χ2n) is 6.10. The van der Waals surface area contributed by atoms with Gasteiger partial charge in [0.2, 0.25) is 0 Å². The molecule has 0 bridgehead atoms. The van der Waals surface area contributed by atoms with Crippen LogP contribution in [0.5, 0.6) is 0 Å². The minimum Gasteiger partial charge on any atom is -0.0836 e. The highest BCUT2D eigenvalue weighted by Gasteiger charge is 2.12. The molecule has 0 nitrogen and oxygen atoms in total. The first kappa shape index (κ1) is 21.4. The van der Waals surface area contributed by atoms with Crippen LogP contribution in [0.15, 0.2) is 97.1 Å². The van der Waals surface area contributed by atoms with Gasteiger partial charge in [-0.15, -0.1) is 0 Å². The minimum atomic E-state index is 1.13. The average Bonchev–Trinajstić information content (AvgIpc) is 2.83. The zero-order valence-electron chi connectivity index (χ0n) is 17.7. The fourth-order valence-electron chi connectivity index (χ4n) is 3.37. The van der Waals surface area contributed by atoms with Crippen LogP contribution in [0.4, 0.5) is 0 Å². The maximum Gasteiger partial charge on any atom is -0.00992 e. The lowest BCUT2D eigenvalue weighted by atomic mass is 9.88. The second kappa shape index (κ2) is 11.8. The summed E-state index contributed by atoms with van der Waals surface area (Å²) < 4.78 is 0. The fraction of sp³-hybridized carbons (Fsp3) is 0.214. The van der Waals surface area contributed by atoms with E-state index in [0.29, 0.717) is 0 Å². The number of rotatable bonds is 3. The molecule has 28 heavy (non-hydrogen) atoms. The molecule has 3 aromatic carbocycles. The number of hydrogen-bond donors (Lipinski definition) is 0. The Morgan fingerprint density at radius 3 is 1.57 bits per heavy atom. The zero-order chi connectivity index (χ0) is 20.2. The highest BCUT2D eigenvalue weighted by molar-refractivity contribution is 5.91. The molecule has 0 heteroatoms. The summed E-state index contributed by atoms with van der Waals surface area (Å²) in [4.78, 5) is 0. The van der Waals surface area contributed by atoms with Gasteiger partial charge < -0.3 is 0 Å². The van der Waals surface area contributed by atoms with E-state index in [-0.39, 0.29) is 0 Å². The van der Waals surface area contributed by atoms with Gasteiger partial charge in [-0.3, -0.25) is 0 Å². The van der Waals surface area contributed by atoms with Crippen LogP contribution in [0.25, 0.3) is 27.8 Å². The molecule has 0 aromatic heterocycles. The van der Waals surface area contributed by atoms with E-state index in [1.165, 1.54) is 33.4 Å². The van der Waals surface area contributed by atoms with Crippen molar-refractivity contribution in [1.82, 2.24) is 0 Å². The first-order valence-electron chi connectivity index (χ1n) is 10.5. The van der Waals surface area contributed by atoms with E-state index in [2.05, 4.69) is 97.1 Å². The van der Waals surface area contributed by atoms with Gasteiger partial charge in [0.25, 0.3) is 0 Å². The highest BCUT2D eigenvalue weighted by Crippen LogP contribution is 2.37. The van der Waals surface area contributed by atoms with Crippen LogP contribution in [0, 0.1) is 0 Å². The molecule has 0 unspecified atom stereocenters. The van der Waals surface area contributed by atoms with Crippen molar-refractivity contribution in [3.63, 3.8) is 0 Å². The summed E-state index contributed by atoms with van der Waals surface area (Å²) in [6.45, 7) is 8.00. The van der Waals surface area contributed by atoms with Crippen LogP contribution < -0.4 is 0 Å². The van der Waals surface area contributed by atoms with E-state index in [0.717, 1.165) is 12.8 Å². The normalized spacial score (nSPS) is 12.1. The predicted octanol–water partition coefficient (Wildman–Crippen LogP) is 8.81. The summed E-state index contributed by atoms with van der Waals surface area (Å²) in [5, 5.41) is 0. The van der Waals surface area contributed by atoms with Crippen molar-refractivity contribution in [1.29, 1.82) is 0 Å². The van der Waals surface area contributed by atoms with Gasteiger partial charge >= 0.3 is 0 Å². The summed E-state index contributed by atoms with van der Waals surface area (Å²) in [6.07, 6.45) is 9.15. The molecule has 4 rings (SSSR count). The van der Waals surface area contributed by atoms with E-state index in [9.17, 15) is 0 Å². The fourth-order valence-corrected chi connectivity index (χ4v) is 3.37. The lowest BCUT2D eigenvalue weighted by Gasteiger charge is -2.16. The first-order chi connectivity index (χ1) is 13.9. The Hall–Kier alpha value is -2.86. The van der Waals surface area contributed by atoms with E-state index < -0.39 is 0 Å². The molecule has 0 N–H and O–H groups in total. The Kier molecular flexibility index (Phi) is 9.01. The van der Waals surface area contributed by atoms with Gasteiger partial charge in [-0.05, 0) is 46.2 Å². The molecule has 0 fully saturated rings. The standard InChI is InChI=1S/C24H20.2C2H6/c1-3-11-19(12-4-1)21-15-7-9-17-23(21)24-18-10-8-16-22(24)20-13-5-2-6-14-20;2*1-2/h1,3-5,7-18H,2,6H2;2*1-2H3. The molecule has 0 radical (unpaired) electrons. The van der Waals surface area contributed by atoms with Gasteiger partial charge in [0, 0.05) is 0 Å². The Bertz CT molecular complexity index is 898. The molecule has 3 aromatic rings. The minimum absolute atomic E-state index is 1.13. The van der Waals surface area contributed by atoms with Crippen LogP contribution in [-0.4, -0.2) is 0 Å². The quantitative estimate of drug-likeness (QED) is 0.433. The van der Waals surface area contributed by atoms with Crippen LogP contribution in [0.2, 0.25) is 0 Å². The van der Waals surface area contributed by atoms with Crippen molar-refractivity contribution < 1.29 is 0 Å². The molecule has 1 aliphatic rings.